The van der Waals surface area contributed by atoms with Gasteiger partial charge in [0, 0.05) is 32.0 Å². The van der Waals surface area contributed by atoms with Crippen molar-refractivity contribution in [2.75, 3.05) is 18.5 Å². The van der Waals surface area contributed by atoms with Crippen LogP contribution in [-0.2, 0) is 12.7 Å². The smallest absolute Gasteiger partial charge is 0.373 e. The van der Waals surface area contributed by atoms with Crippen LogP contribution in [0.2, 0.25) is 5.15 Å². The number of rotatable bonds is 5. The van der Waals surface area contributed by atoms with Crippen LogP contribution in [-0.4, -0.2) is 23.1 Å². The van der Waals surface area contributed by atoms with Crippen LogP contribution in [0.3, 0.4) is 0 Å². The fourth-order valence-electron chi connectivity index (χ4n) is 2.84. The Bertz CT molecular complexity index is 900. The lowest BCUT2D eigenvalue weighted by Gasteiger charge is -2.20. The van der Waals surface area contributed by atoms with Crippen LogP contribution in [0.4, 0.5) is 18.9 Å². The summed E-state index contributed by atoms with van der Waals surface area (Å²) in [6.07, 6.45) is -2.51. The van der Waals surface area contributed by atoms with Crippen molar-refractivity contribution in [3.05, 3.63) is 71.3 Å². The number of halogens is 4. The van der Waals surface area contributed by atoms with Gasteiger partial charge in [0.2, 0.25) is 0 Å². The van der Waals surface area contributed by atoms with Crippen molar-refractivity contribution in [2.24, 2.45) is 0 Å². The van der Waals surface area contributed by atoms with Gasteiger partial charge in [0.05, 0.1) is 5.56 Å². The Morgan fingerprint density at radius 2 is 1.56 bits per heavy atom. The molecule has 0 aliphatic carbocycles. The second-order valence-electron chi connectivity index (χ2n) is 6.35. The highest BCUT2D eigenvalue weighted by molar-refractivity contribution is 6.29. The van der Waals surface area contributed by atoms with E-state index in [1.54, 1.807) is 6.20 Å². The number of nitrogens with zero attached hydrogens (tertiary/aromatic N) is 3. The van der Waals surface area contributed by atoms with E-state index in [0.717, 1.165) is 47.9 Å². The topological polar surface area (TPSA) is 21.1 Å². The van der Waals surface area contributed by atoms with Crippen LogP contribution in [0.5, 0.6) is 0 Å². The minimum Gasteiger partial charge on any atom is -0.373 e. The molecule has 0 atom stereocenters. The fourth-order valence-corrected chi connectivity index (χ4v) is 3.08. The molecule has 0 aliphatic heterocycles. The number of anilines is 1. The summed E-state index contributed by atoms with van der Waals surface area (Å²) >= 11 is 5.90. The highest BCUT2D eigenvalue weighted by atomic mass is 35.5. The van der Waals surface area contributed by atoms with Crippen molar-refractivity contribution in [1.29, 1.82) is 0 Å². The maximum absolute atomic E-state index is 12.7. The van der Waals surface area contributed by atoms with Crippen LogP contribution in [0.1, 0.15) is 11.4 Å². The molecule has 1 heterocycles. The predicted octanol–water partition coefficient (Wildman–Crippen LogP) is 5.67. The van der Waals surface area contributed by atoms with E-state index in [1.807, 2.05) is 42.8 Å². The number of imidazole rings is 1. The third kappa shape index (κ3) is 4.63. The molecule has 0 radical (unpaired) electrons. The van der Waals surface area contributed by atoms with Gasteiger partial charge < -0.3 is 9.47 Å². The molecule has 0 saturated heterocycles. The molecular weight excluding hydrogens is 375 g/mol. The normalized spacial score (nSPS) is 11.6. The molecule has 142 valence electrons. The minimum atomic E-state index is -4.32. The lowest BCUT2D eigenvalue weighted by Crippen LogP contribution is -2.22. The first-order chi connectivity index (χ1) is 12.7. The fraction of sp³-hybridized carbons (Fsp3) is 0.250. The number of aryl methyl sites for hydroxylation is 1. The molecule has 27 heavy (non-hydrogen) atoms. The Morgan fingerprint density at radius 1 is 1.00 bits per heavy atom. The molecule has 7 heteroatoms. The Labute approximate surface area is 161 Å². The summed E-state index contributed by atoms with van der Waals surface area (Å²) in [6, 6.07) is 12.9. The minimum absolute atomic E-state index is 0.482. The summed E-state index contributed by atoms with van der Waals surface area (Å²) in [7, 11) is 1.99. The van der Waals surface area contributed by atoms with Crippen LogP contribution in [0.15, 0.2) is 54.7 Å². The number of hydrogen-bond donors (Lipinski definition) is 0. The second-order valence-corrected chi connectivity index (χ2v) is 6.74. The SMILES string of the molecule is Cc1nc(Cl)cn1CCN(C)c1ccc(-c2ccc(C(F)(F)F)cc2)cc1. The van der Waals surface area contributed by atoms with Gasteiger partial charge in [-0.05, 0) is 42.3 Å². The van der Waals surface area contributed by atoms with E-state index in [2.05, 4.69) is 9.88 Å². The summed E-state index contributed by atoms with van der Waals surface area (Å²) in [6.45, 7) is 3.43. The van der Waals surface area contributed by atoms with E-state index in [0.29, 0.717) is 5.15 Å². The lowest BCUT2D eigenvalue weighted by molar-refractivity contribution is -0.137. The van der Waals surface area contributed by atoms with Gasteiger partial charge in [-0.1, -0.05) is 35.9 Å². The molecular formula is C20H19ClF3N3. The summed E-state index contributed by atoms with van der Waals surface area (Å²) in [4.78, 5) is 6.27. The third-order valence-corrected chi connectivity index (χ3v) is 4.66. The van der Waals surface area contributed by atoms with Gasteiger partial charge in [-0.3, -0.25) is 0 Å². The van der Waals surface area contributed by atoms with E-state index in [4.69, 9.17) is 11.6 Å². The molecule has 0 saturated carbocycles. The third-order valence-electron chi connectivity index (χ3n) is 4.48. The quantitative estimate of drug-likeness (QED) is 0.557. The van der Waals surface area contributed by atoms with Crippen LogP contribution < -0.4 is 4.90 Å². The van der Waals surface area contributed by atoms with E-state index in [-0.39, 0.29) is 0 Å². The van der Waals surface area contributed by atoms with Gasteiger partial charge in [-0.2, -0.15) is 13.2 Å². The van der Waals surface area contributed by atoms with Gasteiger partial charge in [0.15, 0.2) is 0 Å². The predicted molar refractivity (Wildman–Crippen MR) is 102 cm³/mol. The first kappa shape index (κ1) is 19.3. The van der Waals surface area contributed by atoms with Crippen molar-refractivity contribution < 1.29 is 13.2 Å². The van der Waals surface area contributed by atoms with Crippen LogP contribution in [0, 0.1) is 6.92 Å². The van der Waals surface area contributed by atoms with Gasteiger partial charge in [0.25, 0.3) is 0 Å². The molecule has 3 rings (SSSR count). The molecule has 0 fully saturated rings. The van der Waals surface area contributed by atoms with E-state index in [9.17, 15) is 13.2 Å². The zero-order valence-electron chi connectivity index (χ0n) is 15.0. The molecule has 0 amide bonds. The zero-order chi connectivity index (χ0) is 19.6. The molecule has 0 N–H and O–H groups in total. The largest absolute Gasteiger partial charge is 0.416 e. The Balaban J connectivity index is 1.66. The number of hydrogen-bond acceptors (Lipinski definition) is 2. The van der Waals surface area contributed by atoms with Gasteiger partial charge in [-0.25, -0.2) is 4.98 Å². The first-order valence-electron chi connectivity index (χ1n) is 8.42. The molecule has 1 aromatic heterocycles. The summed E-state index contributed by atoms with van der Waals surface area (Å²) in [5, 5.41) is 0.482. The second kappa shape index (κ2) is 7.64. The van der Waals surface area contributed by atoms with Crippen LogP contribution in [0.25, 0.3) is 11.1 Å². The Kier molecular flexibility index (Phi) is 5.46. The molecule has 3 aromatic rings. The maximum Gasteiger partial charge on any atom is 0.416 e. The zero-order valence-corrected chi connectivity index (χ0v) is 15.7. The first-order valence-corrected chi connectivity index (χ1v) is 8.80. The molecule has 0 unspecified atom stereocenters. The number of benzene rings is 2. The molecule has 0 aliphatic rings. The van der Waals surface area contributed by atoms with Gasteiger partial charge in [0.1, 0.15) is 11.0 Å². The van der Waals surface area contributed by atoms with Gasteiger partial charge in [-0.15, -0.1) is 0 Å². The van der Waals surface area contributed by atoms with Crippen molar-refractivity contribution in [3.8, 4) is 11.1 Å². The van der Waals surface area contributed by atoms with Crippen molar-refractivity contribution in [2.45, 2.75) is 19.6 Å². The average molecular weight is 394 g/mol. The molecule has 2 aromatic carbocycles. The van der Waals surface area contributed by atoms with Crippen molar-refractivity contribution in [1.82, 2.24) is 9.55 Å². The standard InChI is InChI=1S/C20H19ClF3N3/c1-14-25-19(21)13-27(14)12-11-26(2)18-9-5-16(6-10-18)15-3-7-17(8-4-15)20(22,23)24/h3-10,13H,11-12H2,1-2H3. The number of aromatic nitrogens is 2. The summed E-state index contributed by atoms with van der Waals surface area (Å²) in [5.41, 5.74) is 2.01. The average Bonchev–Trinajstić information content (AvgIpc) is 2.96. The van der Waals surface area contributed by atoms with E-state index < -0.39 is 11.7 Å². The lowest BCUT2D eigenvalue weighted by atomic mass is 10.0. The summed E-state index contributed by atoms with van der Waals surface area (Å²) in [5.74, 6) is 0.867. The van der Waals surface area contributed by atoms with E-state index in [1.165, 1.54) is 12.1 Å². The molecule has 0 bridgehead atoms. The summed E-state index contributed by atoms with van der Waals surface area (Å²) < 4.78 is 40.0. The maximum atomic E-state index is 12.7. The number of alkyl halides is 3. The van der Waals surface area contributed by atoms with Crippen LogP contribution >= 0.6 is 11.6 Å². The molecule has 3 nitrogen and oxygen atoms in total. The Morgan fingerprint density at radius 3 is 2.04 bits per heavy atom. The number of likely N-dealkylation sites (N-methyl/N-ethyl adjacent to an activating group) is 1. The van der Waals surface area contributed by atoms with Gasteiger partial charge >= 0.3 is 6.18 Å². The molecule has 0 spiro atoms. The monoisotopic (exact) mass is 393 g/mol. The Hall–Kier alpha value is -2.47. The van der Waals surface area contributed by atoms with Crippen molar-refractivity contribution in [3.63, 3.8) is 0 Å². The van der Waals surface area contributed by atoms with Crippen molar-refractivity contribution >= 4 is 17.3 Å². The highest BCUT2D eigenvalue weighted by Crippen LogP contribution is 2.31. The van der Waals surface area contributed by atoms with E-state index >= 15 is 0 Å². The highest BCUT2D eigenvalue weighted by Gasteiger charge is 2.29.